The summed E-state index contributed by atoms with van der Waals surface area (Å²) >= 11 is 3.33. The van der Waals surface area contributed by atoms with Gasteiger partial charge in [0.1, 0.15) is 6.54 Å². The highest BCUT2D eigenvalue weighted by molar-refractivity contribution is 9.10. The van der Waals surface area contributed by atoms with E-state index < -0.39 is 0 Å². The van der Waals surface area contributed by atoms with Crippen LogP contribution in [0.25, 0.3) is 0 Å². The molecule has 19 heavy (non-hydrogen) atoms. The first kappa shape index (κ1) is 13.1. The molecule has 2 rings (SSSR count). The summed E-state index contributed by atoms with van der Waals surface area (Å²) in [4.78, 5) is 12.5. The molecule has 0 aliphatic heterocycles. The molecule has 2 aromatic rings. The van der Waals surface area contributed by atoms with Crippen LogP contribution in [0, 0.1) is 0 Å². The van der Waals surface area contributed by atoms with Crippen LogP contribution in [-0.2, 0) is 11.3 Å². The lowest BCUT2D eigenvalue weighted by molar-refractivity contribution is -0.122. The van der Waals surface area contributed by atoms with Gasteiger partial charge in [-0.1, -0.05) is 33.2 Å². The summed E-state index contributed by atoms with van der Waals surface area (Å²) in [5.74, 6) is -0.350. The van der Waals surface area contributed by atoms with Crippen molar-refractivity contribution in [3.63, 3.8) is 0 Å². The summed E-state index contributed by atoms with van der Waals surface area (Å²) < 4.78 is 0.975. The van der Waals surface area contributed by atoms with Gasteiger partial charge < -0.3 is 5.73 Å². The third-order valence-electron chi connectivity index (χ3n) is 2.03. The Morgan fingerprint density at radius 2 is 2.21 bits per heavy atom. The molecular formula is C10H10BrN7O. The summed E-state index contributed by atoms with van der Waals surface area (Å²) in [6.07, 6.45) is 1.54. The van der Waals surface area contributed by atoms with Gasteiger partial charge in [-0.25, -0.2) is 5.43 Å². The Kier molecular flexibility index (Phi) is 4.18. The molecule has 0 saturated heterocycles. The summed E-state index contributed by atoms with van der Waals surface area (Å²) in [5, 5.41) is 14.5. The maximum absolute atomic E-state index is 11.5. The van der Waals surface area contributed by atoms with Gasteiger partial charge in [-0.3, -0.25) is 4.79 Å². The number of nitrogens with one attached hydrogen (secondary N) is 1. The van der Waals surface area contributed by atoms with Crippen LogP contribution in [-0.4, -0.2) is 32.3 Å². The molecule has 1 aromatic heterocycles. The Morgan fingerprint density at radius 3 is 2.84 bits per heavy atom. The average molecular weight is 324 g/mol. The molecule has 0 unspecified atom stereocenters. The van der Waals surface area contributed by atoms with E-state index >= 15 is 0 Å². The third-order valence-corrected chi connectivity index (χ3v) is 2.55. The van der Waals surface area contributed by atoms with Crippen molar-refractivity contribution >= 4 is 34.0 Å². The van der Waals surface area contributed by atoms with Gasteiger partial charge >= 0.3 is 0 Å². The van der Waals surface area contributed by atoms with Crippen LogP contribution in [0.2, 0.25) is 0 Å². The normalized spacial score (nSPS) is 10.8. The number of nitrogens with two attached hydrogens (primary N) is 1. The maximum atomic E-state index is 11.5. The molecule has 1 aromatic carbocycles. The van der Waals surface area contributed by atoms with Crippen LogP contribution >= 0.6 is 15.9 Å². The zero-order chi connectivity index (χ0) is 13.7. The minimum atomic E-state index is -0.370. The second-order valence-electron chi connectivity index (χ2n) is 3.52. The zero-order valence-corrected chi connectivity index (χ0v) is 11.3. The van der Waals surface area contributed by atoms with E-state index in [2.05, 4.69) is 41.9 Å². The molecule has 1 amide bonds. The van der Waals surface area contributed by atoms with Crippen molar-refractivity contribution < 1.29 is 4.79 Å². The second-order valence-corrected chi connectivity index (χ2v) is 4.44. The van der Waals surface area contributed by atoms with Gasteiger partial charge in [-0.2, -0.15) is 9.90 Å². The number of anilines is 1. The van der Waals surface area contributed by atoms with Gasteiger partial charge in [0.15, 0.2) is 0 Å². The number of hydrazone groups is 1. The minimum Gasteiger partial charge on any atom is -0.365 e. The number of amides is 1. The number of carbonyl (C=O) groups is 1. The highest BCUT2D eigenvalue weighted by atomic mass is 79.9. The first-order chi connectivity index (χ1) is 9.13. The van der Waals surface area contributed by atoms with Gasteiger partial charge in [0.05, 0.1) is 6.21 Å². The molecule has 0 aliphatic rings. The van der Waals surface area contributed by atoms with Crippen molar-refractivity contribution in [1.82, 2.24) is 25.6 Å². The second kappa shape index (κ2) is 6.05. The number of rotatable bonds is 4. The van der Waals surface area contributed by atoms with Crippen molar-refractivity contribution in [2.75, 3.05) is 5.73 Å². The van der Waals surface area contributed by atoms with E-state index in [1.165, 1.54) is 6.21 Å². The molecule has 0 spiro atoms. The number of nitrogen functional groups attached to an aromatic ring is 1. The Morgan fingerprint density at radius 1 is 1.47 bits per heavy atom. The third kappa shape index (κ3) is 4.14. The predicted octanol–water partition coefficient (Wildman–Crippen LogP) is 0.168. The highest BCUT2D eigenvalue weighted by Crippen LogP contribution is 2.08. The van der Waals surface area contributed by atoms with E-state index in [1.54, 1.807) is 0 Å². The predicted molar refractivity (Wildman–Crippen MR) is 72.1 cm³/mol. The molecule has 0 saturated carbocycles. The van der Waals surface area contributed by atoms with Crippen molar-refractivity contribution in [3.8, 4) is 0 Å². The maximum Gasteiger partial charge on any atom is 0.263 e. The number of nitrogens with zero attached hydrogens (tertiary/aromatic N) is 5. The Hall–Kier alpha value is -2.29. The van der Waals surface area contributed by atoms with Crippen LogP contribution in [0.1, 0.15) is 5.56 Å². The number of hydrogen-bond donors (Lipinski definition) is 2. The fourth-order valence-corrected chi connectivity index (χ4v) is 1.48. The van der Waals surface area contributed by atoms with E-state index in [0.29, 0.717) is 0 Å². The van der Waals surface area contributed by atoms with E-state index in [1.807, 2.05) is 24.3 Å². The summed E-state index contributed by atoms with van der Waals surface area (Å²) in [6, 6.07) is 7.48. The molecule has 9 heteroatoms. The van der Waals surface area contributed by atoms with Crippen LogP contribution < -0.4 is 11.2 Å². The van der Waals surface area contributed by atoms with Gasteiger partial charge in [0, 0.05) is 4.47 Å². The molecule has 0 fully saturated rings. The lowest BCUT2D eigenvalue weighted by atomic mass is 10.2. The Balaban J connectivity index is 1.84. The lowest BCUT2D eigenvalue weighted by Gasteiger charge is -1.98. The SMILES string of the molecule is Nc1nnn(CC(=O)N/N=C\c2ccc(Br)cc2)n1. The molecule has 8 nitrogen and oxygen atoms in total. The molecule has 0 radical (unpaired) electrons. The molecule has 0 bridgehead atoms. The van der Waals surface area contributed by atoms with E-state index in [4.69, 9.17) is 5.73 Å². The van der Waals surface area contributed by atoms with Gasteiger partial charge in [-0.05, 0) is 22.9 Å². The summed E-state index contributed by atoms with van der Waals surface area (Å²) in [7, 11) is 0. The average Bonchev–Trinajstić information content (AvgIpc) is 2.77. The summed E-state index contributed by atoms with van der Waals surface area (Å²) in [6.45, 7) is -0.0954. The topological polar surface area (TPSA) is 111 Å². The summed E-state index contributed by atoms with van der Waals surface area (Å²) in [5.41, 5.74) is 8.49. The first-order valence-electron chi connectivity index (χ1n) is 5.24. The van der Waals surface area contributed by atoms with E-state index in [0.717, 1.165) is 14.8 Å². The first-order valence-corrected chi connectivity index (χ1v) is 6.03. The lowest BCUT2D eigenvalue weighted by Crippen LogP contribution is -2.24. The molecule has 3 N–H and O–H groups in total. The van der Waals surface area contributed by atoms with Crippen molar-refractivity contribution in [2.45, 2.75) is 6.54 Å². The largest absolute Gasteiger partial charge is 0.365 e. The van der Waals surface area contributed by atoms with Crippen LogP contribution in [0.3, 0.4) is 0 Å². The highest BCUT2D eigenvalue weighted by Gasteiger charge is 2.04. The Labute approximate surface area is 116 Å². The zero-order valence-electron chi connectivity index (χ0n) is 9.69. The molecular weight excluding hydrogens is 314 g/mol. The van der Waals surface area contributed by atoms with Crippen molar-refractivity contribution in [2.24, 2.45) is 5.10 Å². The van der Waals surface area contributed by atoms with Gasteiger partial charge in [0.25, 0.3) is 11.9 Å². The van der Waals surface area contributed by atoms with Crippen molar-refractivity contribution in [3.05, 3.63) is 34.3 Å². The van der Waals surface area contributed by atoms with Crippen LogP contribution in [0.5, 0.6) is 0 Å². The molecule has 1 heterocycles. The Bertz CT molecular complexity index is 592. The number of tetrazole rings is 1. The van der Waals surface area contributed by atoms with Crippen molar-refractivity contribution in [1.29, 1.82) is 0 Å². The van der Waals surface area contributed by atoms with E-state index in [9.17, 15) is 4.79 Å². The number of carbonyl (C=O) groups excluding carboxylic acids is 1. The fourth-order valence-electron chi connectivity index (χ4n) is 1.21. The van der Waals surface area contributed by atoms with Crippen LogP contribution in [0.4, 0.5) is 5.95 Å². The number of halogens is 1. The molecule has 0 atom stereocenters. The van der Waals surface area contributed by atoms with Gasteiger partial charge in [-0.15, -0.1) is 5.10 Å². The number of hydrogen-bond acceptors (Lipinski definition) is 6. The van der Waals surface area contributed by atoms with E-state index in [-0.39, 0.29) is 18.4 Å². The number of benzene rings is 1. The number of aromatic nitrogens is 4. The standard InChI is InChI=1S/C10H10BrN7O/c11-8-3-1-7(2-4-8)5-13-14-9(19)6-18-16-10(12)15-17-18/h1-5H,6H2,(H2,12,16)(H,14,19)/b13-5-. The fraction of sp³-hybridized carbons (Fsp3) is 0.100. The quantitative estimate of drug-likeness (QED) is 0.615. The molecule has 0 aliphatic carbocycles. The molecule has 98 valence electrons. The monoisotopic (exact) mass is 323 g/mol. The minimum absolute atomic E-state index is 0.0196. The van der Waals surface area contributed by atoms with Gasteiger partial charge in [0.2, 0.25) is 0 Å². The van der Waals surface area contributed by atoms with Crippen LogP contribution in [0.15, 0.2) is 33.8 Å². The smallest absolute Gasteiger partial charge is 0.263 e.